The zero-order chi connectivity index (χ0) is 18.8. The number of nitrogens with zero attached hydrogens (tertiary/aromatic N) is 3. The van der Waals surface area contributed by atoms with E-state index in [9.17, 15) is 15.0 Å². The van der Waals surface area contributed by atoms with Crippen LogP contribution in [0.2, 0.25) is 0 Å². The summed E-state index contributed by atoms with van der Waals surface area (Å²) in [6, 6.07) is 18.0. The number of aromatic hydroxyl groups is 1. The lowest BCUT2D eigenvalue weighted by atomic mass is 10.0. The van der Waals surface area contributed by atoms with Crippen molar-refractivity contribution >= 4 is 38.9 Å². The summed E-state index contributed by atoms with van der Waals surface area (Å²) < 4.78 is 0. The van der Waals surface area contributed by atoms with Crippen molar-refractivity contribution < 1.29 is 15.0 Å². The van der Waals surface area contributed by atoms with Crippen LogP contribution in [0.5, 0.6) is 5.75 Å². The van der Waals surface area contributed by atoms with E-state index in [1.165, 1.54) is 17.4 Å². The molecular weight excluding hydrogens is 362 g/mol. The van der Waals surface area contributed by atoms with Gasteiger partial charge in [0.1, 0.15) is 11.3 Å². The van der Waals surface area contributed by atoms with Gasteiger partial charge in [-0.05, 0) is 6.07 Å². The van der Waals surface area contributed by atoms with E-state index in [0.29, 0.717) is 21.6 Å². The molecule has 0 aliphatic rings. The van der Waals surface area contributed by atoms with Crippen molar-refractivity contribution in [2.75, 3.05) is 0 Å². The first-order valence-electron chi connectivity index (χ1n) is 8.04. The van der Waals surface area contributed by atoms with Gasteiger partial charge in [-0.2, -0.15) is 0 Å². The van der Waals surface area contributed by atoms with Crippen molar-refractivity contribution in [3.8, 4) is 17.0 Å². The maximum Gasteiger partial charge on any atom is 0.339 e. The monoisotopic (exact) mass is 375 g/mol. The van der Waals surface area contributed by atoms with E-state index in [2.05, 4.69) is 15.2 Å². The third kappa shape index (κ3) is 3.28. The van der Waals surface area contributed by atoms with Crippen molar-refractivity contribution in [2.24, 2.45) is 10.2 Å². The van der Waals surface area contributed by atoms with E-state index in [1.54, 1.807) is 24.3 Å². The Labute approximate surface area is 158 Å². The number of aromatic nitrogens is 1. The van der Waals surface area contributed by atoms with Crippen LogP contribution in [0, 0.1) is 0 Å². The maximum absolute atomic E-state index is 11.4. The second kappa shape index (κ2) is 6.97. The van der Waals surface area contributed by atoms with Gasteiger partial charge < -0.3 is 10.2 Å². The minimum atomic E-state index is -1.23. The van der Waals surface area contributed by atoms with Crippen molar-refractivity contribution in [2.45, 2.75) is 0 Å². The molecule has 4 aromatic rings. The molecule has 2 N–H and O–H groups in total. The van der Waals surface area contributed by atoms with Crippen molar-refractivity contribution in [1.29, 1.82) is 0 Å². The number of carboxylic acids is 1. The molecule has 0 atom stereocenters. The Morgan fingerprint density at radius 1 is 0.963 bits per heavy atom. The van der Waals surface area contributed by atoms with Crippen molar-refractivity contribution in [3.63, 3.8) is 0 Å². The summed E-state index contributed by atoms with van der Waals surface area (Å²) >= 11 is 1.35. The fourth-order valence-corrected chi connectivity index (χ4v) is 3.38. The molecule has 7 heteroatoms. The molecule has 132 valence electrons. The minimum Gasteiger partial charge on any atom is -0.506 e. The van der Waals surface area contributed by atoms with Crippen LogP contribution in [-0.4, -0.2) is 21.2 Å². The molecule has 1 aromatic heterocycles. The lowest BCUT2D eigenvalue weighted by molar-refractivity contribution is 0.0694. The standard InChI is InChI=1S/C20H13N3O3S/c24-18-14-9-5-4-8-13(14)16(10-15(18)19(25)26)22-23-20-21-17(11-27-20)12-6-2-1-3-7-12/h1-11,24H,(H,25,26). The lowest BCUT2D eigenvalue weighted by Crippen LogP contribution is -1.97. The average Bonchev–Trinajstić information content (AvgIpc) is 3.17. The highest BCUT2D eigenvalue weighted by Crippen LogP contribution is 2.37. The highest BCUT2D eigenvalue weighted by molar-refractivity contribution is 7.13. The molecule has 3 aromatic carbocycles. The topological polar surface area (TPSA) is 95.1 Å². The summed E-state index contributed by atoms with van der Waals surface area (Å²) in [5.41, 5.74) is 1.93. The molecule has 0 aliphatic heterocycles. The molecule has 0 spiro atoms. The molecule has 0 aliphatic carbocycles. The molecule has 1 heterocycles. The average molecular weight is 375 g/mol. The van der Waals surface area contributed by atoms with E-state index in [-0.39, 0.29) is 11.3 Å². The molecule has 0 saturated heterocycles. The quantitative estimate of drug-likeness (QED) is 0.442. The first-order valence-corrected chi connectivity index (χ1v) is 8.92. The largest absolute Gasteiger partial charge is 0.506 e. The number of rotatable bonds is 4. The number of benzene rings is 3. The smallest absolute Gasteiger partial charge is 0.339 e. The van der Waals surface area contributed by atoms with E-state index in [0.717, 1.165) is 11.3 Å². The van der Waals surface area contributed by atoms with E-state index in [1.807, 2.05) is 35.7 Å². The molecule has 0 radical (unpaired) electrons. The molecule has 0 bridgehead atoms. The van der Waals surface area contributed by atoms with Crippen LogP contribution in [-0.2, 0) is 0 Å². The first-order chi connectivity index (χ1) is 13.1. The Morgan fingerprint density at radius 2 is 1.67 bits per heavy atom. The van der Waals surface area contributed by atoms with Gasteiger partial charge in [0.15, 0.2) is 0 Å². The highest BCUT2D eigenvalue weighted by atomic mass is 32.1. The summed E-state index contributed by atoms with van der Waals surface area (Å²) in [4.78, 5) is 15.9. The first kappa shape index (κ1) is 16.9. The number of carbonyl (C=O) groups is 1. The van der Waals surface area contributed by atoms with Crippen molar-refractivity contribution in [3.05, 3.63) is 71.6 Å². The zero-order valence-corrected chi connectivity index (χ0v) is 14.7. The predicted octanol–water partition coefficient (Wildman–Crippen LogP) is 5.78. The summed E-state index contributed by atoms with van der Waals surface area (Å²) in [5, 5.41) is 31.3. The second-order valence-corrected chi connectivity index (χ2v) is 6.56. The van der Waals surface area contributed by atoms with Gasteiger partial charge >= 0.3 is 5.97 Å². The highest BCUT2D eigenvalue weighted by Gasteiger charge is 2.16. The molecule has 0 saturated carbocycles. The number of azo groups is 1. The Kier molecular flexibility index (Phi) is 4.35. The predicted molar refractivity (Wildman–Crippen MR) is 104 cm³/mol. The van der Waals surface area contributed by atoms with Gasteiger partial charge in [-0.1, -0.05) is 54.6 Å². The maximum atomic E-state index is 11.4. The number of thiazole rings is 1. The summed E-state index contributed by atoms with van der Waals surface area (Å²) in [6.45, 7) is 0. The number of phenols is 1. The number of fused-ring (bicyclic) bond motifs is 1. The zero-order valence-electron chi connectivity index (χ0n) is 13.9. The third-order valence-electron chi connectivity index (χ3n) is 4.03. The molecule has 4 rings (SSSR count). The second-order valence-electron chi connectivity index (χ2n) is 5.72. The Morgan fingerprint density at radius 3 is 2.41 bits per heavy atom. The fraction of sp³-hybridized carbons (Fsp3) is 0. The van der Waals surface area contributed by atoms with Gasteiger partial charge in [-0.15, -0.1) is 21.6 Å². The molecular formula is C20H13N3O3S. The van der Waals surface area contributed by atoms with Gasteiger partial charge in [0.2, 0.25) is 5.13 Å². The normalized spacial score (nSPS) is 11.3. The van der Waals surface area contributed by atoms with Crippen LogP contribution in [0.4, 0.5) is 10.8 Å². The Bertz CT molecular complexity index is 1170. The van der Waals surface area contributed by atoms with Crippen LogP contribution in [0.1, 0.15) is 10.4 Å². The van der Waals surface area contributed by atoms with Crippen LogP contribution >= 0.6 is 11.3 Å². The van der Waals surface area contributed by atoms with Crippen LogP contribution in [0.3, 0.4) is 0 Å². The fourth-order valence-electron chi connectivity index (χ4n) is 2.73. The van der Waals surface area contributed by atoms with E-state index >= 15 is 0 Å². The molecule has 0 fully saturated rings. The number of aromatic carboxylic acids is 1. The van der Waals surface area contributed by atoms with Gasteiger partial charge in [-0.25, -0.2) is 9.78 Å². The summed E-state index contributed by atoms with van der Waals surface area (Å²) in [7, 11) is 0. The molecule has 6 nitrogen and oxygen atoms in total. The Balaban J connectivity index is 1.74. The van der Waals surface area contributed by atoms with Gasteiger partial charge in [0.25, 0.3) is 0 Å². The lowest BCUT2D eigenvalue weighted by Gasteiger charge is -2.07. The molecule has 27 heavy (non-hydrogen) atoms. The number of hydrogen-bond donors (Lipinski definition) is 2. The third-order valence-corrected chi connectivity index (χ3v) is 4.75. The SMILES string of the molecule is O=C(O)c1cc(N=Nc2nc(-c3ccccc3)cs2)c2ccccc2c1O. The van der Waals surface area contributed by atoms with E-state index in [4.69, 9.17) is 0 Å². The van der Waals surface area contributed by atoms with Gasteiger partial charge in [0.05, 0.1) is 11.4 Å². The summed E-state index contributed by atoms with van der Waals surface area (Å²) in [6.07, 6.45) is 0. The van der Waals surface area contributed by atoms with Crippen LogP contribution in [0.25, 0.3) is 22.0 Å². The minimum absolute atomic E-state index is 0.216. The molecule has 0 amide bonds. The van der Waals surface area contributed by atoms with Gasteiger partial charge in [-0.3, -0.25) is 0 Å². The van der Waals surface area contributed by atoms with Crippen molar-refractivity contribution in [1.82, 2.24) is 4.98 Å². The summed E-state index contributed by atoms with van der Waals surface area (Å²) in [5.74, 6) is -1.51. The number of hydrogen-bond acceptors (Lipinski definition) is 6. The van der Waals surface area contributed by atoms with Crippen LogP contribution < -0.4 is 0 Å². The molecule has 0 unspecified atom stereocenters. The van der Waals surface area contributed by atoms with E-state index < -0.39 is 5.97 Å². The number of carboxylic acid groups (broad SMARTS) is 1. The Hall–Kier alpha value is -3.58. The van der Waals surface area contributed by atoms with Crippen LogP contribution in [0.15, 0.2) is 76.3 Å². The van der Waals surface area contributed by atoms with Gasteiger partial charge in [0, 0.05) is 21.7 Å².